The van der Waals surface area contributed by atoms with Gasteiger partial charge in [-0.15, -0.1) is 0 Å². The zero-order chi connectivity index (χ0) is 22.4. The van der Waals surface area contributed by atoms with E-state index < -0.39 is 30.1 Å². The van der Waals surface area contributed by atoms with Crippen molar-refractivity contribution in [2.75, 3.05) is 19.8 Å². The standard InChI is InChI=1S/C23H34N2O6/c1-15(2)11-21(27)24-13-19(26)18(12-16-7-5-4-6-8-16)25-22(28)31-20-14-30-23(3)17(20)9-10-29-23/h4-8,15,17-20,26H,9-14H2,1-3H3,(H,24,27)(H,25,28)/t17-,18-,19+,20-,23+/m0/s1. The van der Waals surface area contributed by atoms with E-state index in [0.29, 0.717) is 19.4 Å². The van der Waals surface area contributed by atoms with Gasteiger partial charge in [0.2, 0.25) is 5.91 Å². The number of carbonyl (C=O) groups is 2. The second kappa shape index (κ2) is 10.4. The van der Waals surface area contributed by atoms with Gasteiger partial charge in [0.1, 0.15) is 6.10 Å². The molecule has 172 valence electrons. The van der Waals surface area contributed by atoms with Crippen LogP contribution in [0.2, 0.25) is 0 Å². The van der Waals surface area contributed by atoms with Crippen molar-refractivity contribution in [2.45, 2.75) is 64.1 Å². The smallest absolute Gasteiger partial charge is 0.407 e. The van der Waals surface area contributed by atoms with Crippen molar-refractivity contribution in [1.29, 1.82) is 0 Å². The minimum Gasteiger partial charge on any atom is -0.443 e. The lowest BCUT2D eigenvalue weighted by Gasteiger charge is -2.26. The number of hydrogen-bond donors (Lipinski definition) is 3. The highest BCUT2D eigenvalue weighted by Gasteiger charge is 2.53. The number of carbonyl (C=O) groups excluding carboxylic acids is 2. The van der Waals surface area contributed by atoms with Gasteiger partial charge in [-0.2, -0.15) is 0 Å². The van der Waals surface area contributed by atoms with E-state index in [1.54, 1.807) is 0 Å². The molecular weight excluding hydrogens is 400 g/mol. The Balaban J connectivity index is 1.59. The van der Waals surface area contributed by atoms with E-state index in [9.17, 15) is 14.7 Å². The largest absolute Gasteiger partial charge is 0.443 e. The van der Waals surface area contributed by atoms with Crippen LogP contribution in [-0.2, 0) is 25.4 Å². The predicted molar refractivity (Wildman–Crippen MR) is 114 cm³/mol. The number of alkyl carbamates (subject to hydrolysis) is 1. The number of nitrogens with one attached hydrogen (secondary N) is 2. The van der Waals surface area contributed by atoms with Crippen LogP contribution in [0.25, 0.3) is 0 Å². The molecule has 2 aliphatic rings. The molecule has 8 nitrogen and oxygen atoms in total. The number of amides is 2. The summed E-state index contributed by atoms with van der Waals surface area (Å²) in [6.45, 7) is 6.69. The molecule has 0 unspecified atom stereocenters. The van der Waals surface area contributed by atoms with Crippen molar-refractivity contribution in [3.8, 4) is 0 Å². The van der Waals surface area contributed by atoms with Gasteiger partial charge in [-0.05, 0) is 31.2 Å². The quantitative estimate of drug-likeness (QED) is 0.549. The topological polar surface area (TPSA) is 106 Å². The Morgan fingerprint density at radius 1 is 1.26 bits per heavy atom. The summed E-state index contributed by atoms with van der Waals surface area (Å²) in [6.07, 6.45) is -0.417. The lowest BCUT2D eigenvalue weighted by atomic mass is 9.96. The van der Waals surface area contributed by atoms with Gasteiger partial charge in [-0.25, -0.2) is 4.79 Å². The fourth-order valence-electron chi connectivity index (χ4n) is 4.19. The number of ether oxygens (including phenoxy) is 3. The number of hydrogen-bond acceptors (Lipinski definition) is 6. The van der Waals surface area contributed by atoms with Crippen LogP contribution in [0.5, 0.6) is 0 Å². The number of rotatable bonds is 9. The van der Waals surface area contributed by atoms with Crippen molar-refractivity contribution >= 4 is 12.0 Å². The molecule has 0 bridgehead atoms. The normalized spacial score (nSPS) is 26.9. The maximum atomic E-state index is 12.7. The van der Waals surface area contributed by atoms with E-state index in [1.165, 1.54) is 0 Å². The molecule has 0 aliphatic carbocycles. The van der Waals surface area contributed by atoms with Crippen molar-refractivity contribution in [3.05, 3.63) is 35.9 Å². The molecule has 2 heterocycles. The molecule has 0 radical (unpaired) electrons. The SMILES string of the molecule is CC(C)CC(=O)NC[C@@H](O)[C@H](Cc1ccccc1)NC(=O)O[C@H]1CO[C@@]2(C)OCC[C@@H]12. The van der Waals surface area contributed by atoms with E-state index >= 15 is 0 Å². The Bertz CT molecular complexity index is 743. The highest BCUT2D eigenvalue weighted by molar-refractivity contribution is 5.76. The van der Waals surface area contributed by atoms with E-state index in [0.717, 1.165) is 12.0 Å². The summed E-state index contributed by atoms with van der Waals surface area (Å²) >= 11 is 0. The van der Waals surface area contributed by atoms with Gasteiger partial charge in [-0.3, -0.25) is 4.79 Å². The van der Waals surface area contributed by atoms with Crippen LogP contribution in [0, 0.1) is 11.8 Å². The van der Waals surface area contributed by atoms with E-state index in [-0.39, 0.29) is 30.9 Å². The fraction of sp³-hybridized carbons (Fsp3) is 0.652. The molecule has 8 heteroatoms. The summed E-state index contributed by atoms with van der Waals surface area (Å²) in [4.78, 5) is 24.6. The lowest BCUT2D eigenvalue weighted by molar-refractivity contribution is -0.181. The lowest BCUT2D eigenvalue weighted by Crippen LogP contribution is -2.50. The van der Waals surface area contributed by atoms with Crippen LogP contribution >= 0.6 is 0 Å². The van der Waals surface area contributed by atoms with Crippen LogP contribution < -0.4 is 10.6 Å². The third kappa shape index (κ3) is 6.41. The fourth-order valence-corrected chi connectivity index (χ4v) is 4.19. The van der Waals surface area contributed by atoms with Crippen LogP contribution in [0.15, 0.2) is 30.3 Å². The summed E-state index contributed by atoms with van der Waals surface area (Å²) in [7, 11) is 0. The maximum Gasteiger partial charge on any atom is 0.407 e. The first-order valence-corrected chi connectivity index (χ1v) is 11.0. The third-order valence-electron chi connectivity index (χ3n) is 5.90. The first-order valence-electron chi connectivity index (χ1n) is 11.0. The second-order valence-electron chi connectivity index (χ2n) is 8.92. The average Bonchev–Trinajstić information content (AvgIpc) is 3.23. The number of aliphatic hydroxyl groups is 1. The Morgan fingerprint density at radius 3 is 2.71 bits per heavy atom. The summed E-state index contributed by atoms with van der Waals surface area (Å²) in [5.41, 5.74) is 0.960. The molecule has 0 spiro atoms. The molecule has 2 amide bonds. The molecule has 31 heavy (non-hydrogen) atoms. The molecule has 2 aliphatic heterocycles. The molecule has 0 aromatic heterocycles. The molecule has 1 aromatic rings. The molecule has 2 fully saturated rings. The zero-order valence-electron chi connectivity index (χ0n) is 18.5. The van der Waals surface area contributed by atoms with Crippen LogP contribution in [-0.4, -0.2) is 60.9 Å². The monoisotopic (exact) mass is 434 g/mol. The maximum absolute atomic E-state index is 12.7. The Labute approximate surface area is 183 Å². The molecular formula is C23H34N2O6. The number of aliphatic hydroxyl groups excluding tert-OH is 1. The van der Waals surface area contributed by atoms with Crippen molar-refractivity contribution in [3.63, 3.8) is 0 Å². The van der Waals surface area contributed by atoms with Crippen LogP contribution in [0.4, 0.5) is 4.79 Å². The van der Waals surface area contributed by atoms with Crippen LogP contribution in [0.1, 0.15) is 39.2 Å². The van der Waals surface area contributed by atoms with Gasteiger partial charge in [0.15, 0.2) is 5.79 Å². The molecule has 2 saturated heterocycles. The van der Waals surface area contributed by atoms with Gasteiger partial charge < -0.3 is 30.0 Å². The van der Waals surface area contributed by atoms with Crippen LogP contribution in [0.3, 0.4) is 0 Å². The first kappa shape index (κ1) is 23.5. The average molecular weight is 435 g/mol. The Kier molecular flexibility index (Phi) is 7.91. The van der Waals surface area contributed by atoms with Gasteiger partial charge in [0.05, 0.1) is 31.3 Å². The predicted octanol–water partition coefficient (Wildman–Crippen LogP) is 2.00. The minimum absolute atomic E-state index is 0.00827. The second-order valence-corrected chi connectivity index (χ2v) is 8.92. The molecule has 3 N–H and O–H groups in total. The van der Waals surface area contributed by atoms with Crippen molar-refractivity contribution < 1.29 is 28.9 Å². The van der Waals surface area contributed by atoms with Crippen molar-refractivity contribution in [2.24, 2.45) is 11.8 Å². The van der Waals surface area contributed by atoms with Gasteiger partial charge in [-0.1, -0.05) is 44.2 Å². The highest BCUT2D eigenvalue weighted by Crippen LogP contribution is 2.41. The highest BCUT2D eigenvalue weighted by atomic mass is 16.7. The van der Waals surface area contributed by atoms with E-state index in [1.807, 2.05) is 51.1 Å². The van der Waals surface area contributed by atoms with Gasteiger partial charge in [0.25, 0.3) is 0 Å². The number of benzene rings is 1. The van der Waals surface area contributed by atoms with E-state index in [4.69, 9.17) is 14.2 Å². The summed E-state index contributed by atoms with van der Waals surface area (Å²) in [6, 6.07) is 8.94. The van der Waals surface area contributed by atoms with E-state index in [2.05, 4.69) is 10.6 Å². The number of fused-ring (bicyclic) bond motifs is 1. The Hall–Kier alpha value is -2.16. The van der Waals surface area contributed by atoms with Gasteiger partial charge >= 0.3 is 6.09 Å². The summed E-state index contributed by atoms with van der Waals surface area (Å²) in [5, 5.41) is 16.3. The minimum atomic E-state index is -0.969. The third-order valence-corrected chi connectivity index (χ3v) is 5.90. The molecule has 1 aromatic carbocycles. The molecule has 0 saturated carbocycles. The summed E-state index contributed by atoms with van der Waals surface area (Å²) < 4.78 is 17.0. The zero-order valence-corrected chi connectivity index (χ0v) is 18.5. The molecule has 3 rings (SSSR count). The molecule has 5 atom stereocenters. The van der Waals surface area contributed by atoms with Gasteiger partial charge in [0, 0.05) is 13.0 Å². The first-order chi connectivity index (χ1) is 14.8. The van der Waals surface area contributed by atoms with Crippen molar-refractivity contribution in [1.82, 2.24) is 10.6 Å². The Morgan fingerprint density at radius 2 is 2.00 bits per heavy atom. The summed E-state index contributed by atoms with van der Waals surface area (Å²) in [5.74, 6) is -0.608.